The first-order chi connectivity index (χ1) is 19.1. The van der Waals surface area contributed by atoms with Crippen LogP contribution in [-0.2, 0) is 9.59 Å². The molecule has 5 N–H and O–H groups in total. The van der Waals surface area contributed by atoms with E-state index in [0.29, 0.717) is 36.5 Å². The van der Waals surface area contributed by atoms with E-state index < -0.39 is 29.1 Å². The monoisotopic (exact) mass is 555 g/mol. The number of aromatic hydroxyl groups is 1. The van der Waals surface area contributed by atoms with Gasteiger partial charge in [-0.2, -0.15) is 0 Å². The number of carbonyl (C=O) groups excluding carboxylic acids is 3. The quantitative estimate of drug-likeness (QED) is 0.0728. The van der Waals surface area contributed by atoms with Gasteiger partial charge in [-0.25, -0.2) is 9.86 Å². The van der Waals surface area contributed by atoms with Gasteiger partial charge in [0.25, 0.3) is 5.91 Å². The van der Waals surface area contributed by atoms with Crippen molar-refractivity contribution in [3.8, 4) is 22.6 Å². The van der Waals surface area contributed by atoms with E-state index in [1.807, 2.05) is 13.8 Å². The smallest absolute Gasteiger partial charge is 0.339 e. The Balaban J connectivity index is 1.73. The molecule has 1 fully saturated rings. The van der Waals surface area contributed by atoms with E-state index >= 15 is 0 Å². The van der Waals surface area contributed by atoms with Crippen LogP contribution in [0.15, 0.2) is 36.4 Å². The van der Waals surface area contributed by atoms with Crippen molar-refractivity contribution >= 4 is 24.2 Å². The van der Waals surface area contributed by atoms with E-state index in [1.165, 1.54) is 18.2 Å². The fraction of sp³-hybridized carbons (Fsp3) is 0.448. The molecule has 0 spiro atoms. The average molecular weight is 556 g/mol. The lowest BCUT2D eigenvalue weighted by Crippen LogP contribution is -2.50. The van der Waals surface area contributed by atoms with Crippen LogP contribution in [0.5, 0.6) is 11.5 Å². The highest BCUT2D eigenvalue weighted by Gasteiger charge is 2.62. The summed E-state index contributed by atoms with van der Waals surface area (Å²) >= 11 is 0. The van der Waals surface area contributed by atoms with Crippen molar-refractivity contribution in [2.75, 3.05) is 13.3 Å². The number of phenols is 1. The number of carbonyl (C=O) groups is 4. The number of nitrogens with one attached hydrogen (secondary N) is 2. The Kier molecular flexibility index (Phi) is 10.1. The summed E-state index contributed by atoms with van der Waals surface area (Å²) in [5, 5.41) is 36.3. The maximum atomic E-state index is 13.2. The van der Waals surface area contributed by atoms with Crippen LogP contribution in [0.25, 0.3) is 11.1 Å². The first-order valence-corrected chi connectivity index (χ1v) is 13.4. The third kappa shape index (κ3) is 6.53. The number of hydroxylamine groups is 2. The molecular formula is C29H37N3O8. The van der Waals surface area contributed by atoms with E-state index in [2.05, 4.69) is 10.6 Å². The second-order valence-corrected chi connectivity index (χ2v) is 10.0. The van der Waals surface area contributed by atoms with Crippen molar-refractivity contribution in [1.82, 2.24) is 15.7 Å². The lowest BCUT2D eigenvalue weighted by atomic mass is 9.88. The molecule has 216 valence electrons. The van der Waals surface area contributed by atoms with Gasteiger partial charge in [-0.1, -0.05) is 45.2 Å². The molecule has 0 aliphatic heterocycles. The van der Waals surface area contributed by atoms with Gasteiger partial charge in [-0.05, 0) is 55.5 Å². The summed E-state index contributed by atoms with van der Waals surface area (Å²) in [6.07, 6.45) is 3.95. The molecular weight excluding hydrogens is 518 g/mol. The molecule has 40 heavy (non-hydrogen) atoms. The molecule has 3 atom stereocenters. The molecule has 0 heterocycles. The number of carboxylic acids is 1. The van der Waals surface area contributed by atoms with Crippen LogP contribution >= 0.6 is 0 Å². The molecule has 3 rings (SSSR count). The molecule has 0 saturated heterocycles. The van der Waals surface area contributed by atoms with E-state index in [0.717, 1.165) is 19.3 Å². The van der Waals surface area contributed by atoms with Crippen LogP contribution in [0, 0.1) is 11.8 Å². The second kappa shape index (κ2) is 13.3. The van der Waals surface area contributed by atoms with Crippen LogP contribution in [0.2, 0.25) is 0 Å². The minimum absolute atomic E-state index is 0.0447. The normalized spacial score (nSPS) is 18.4. The van der Waals surface area contributed by atoms with Gasteiger partial charge in [-0.15, -0.1) is 0 Å². The molecule has 1 saturated carbocycles. The summed E-state index contributed by atoms with van der Waals surface area (Å²) in [6, 6.07) is 8.99. The Morgan fingerprint density at radius 2 is 1.90 bits per heavy atom. The number of amides is 3. The Bertz CT molecular complexity index is 1250. The van der Waals surface area contributed by atoms with E-state index in [1.54, 1.807) is 25.1 Å². The number of hydrogen-bond acceptors (Lipinski definition) is 7. The highest BCUT2D eigenvalue weighted by molar-refractivity contribution is 5.98. The van der Waals surface area contributed by atoms with Crippen molar-refractivity contribution in [3.63, 3.8) is 0 Å². The number of hydrogen-bond donors (Lipinski definition) is 5. The van der Waals surface area contributed by atoms with Gasteiger partial charge in [-0.3, -0.25) is 19.6 Å². The molecule has 2 aromatic carbocycles. The van der Waals surface area contributed by atoms with Gasteiger partial charge in [0, 0.05) is 11.1 Å². The van der Waals surface area contributed by atoms with Crippen molar-refractivity contribution in [1.29, 1.82) is 0 Å². The van der Waals surface area contributed by atoms with Crippen molar-refractivity contribution < 1.29 is 39.3 Å². The van der Waals surface area contributed by atoms with Crippen molar-refractivity contribution in [2.24, 2.45) is 11.8 Å². The van der Waals surface area contributed by atoms with Crippen LogP contribution in [-0.4, -0.2) is 63.5 Å². The Morgan fingerprint density at radius 1 is 1.18 bits per heavy atom. The summed E-state index contributed by atoms with van der Waals surface area (Å²) < 4.78 is 5.44. The van der Waals surface area contributed by atoms with Gasteiger partial charge >= 0.3 is 5.97 Å². The summed E-state index contributed by atoms with van der Waals surface area (Å²) in [6.45, 7) is 5.78. The van der Waals surface area contributed by atoms with E-state index in [4.69, 9.17) is 4.74 Å². The molecule has 0 bridgehead atoms. The topological polar surface area (TPSA) is 166 Å². The first-order valence-electron chi connectivity index (χ1n) is 13.4. The molecule has 2 unspecified atom stereocenters. The molecule has 1 aliphatic rings. The number of rotatable bonds is 15. The van der Waals surface area contributed by atoms with E-state index in [9.17, 15) is 34.6 Å². The fourth-order valence-electron chi connectivity index (χ4n) is 5.21. The molecule has 11 nitrogen and oxygen atoms in total. The summed E-state index contributed by atoms with van der Waals surface area (Å²) in [5.74, 6) is -3.06. The third-order valence-corrected chi connectivity index (χ3v) is 7.44. The van der Waals surface area contributed by atoms with Gasteiger partial charge in [0.05, 0.1) is 24.7 Å². The lowest BCUT2D eigenvalue weighted by Gasteiger charge is -2.31. The Hall–Kier alpha value is -4.12. The minimum atomic E-state index is -1.32. The van der Waals surface area contributed by atoms with Gasteiger partial charge in [0.2, 0.25) is 12.3 Å². The lowest BCUT2D eigenvalue weighted by molar-refractivity contribution is -0.175. The zero-order valence-electron chi connectivity index (χ0n) is 23.0. The predicted octanol–water partition coefficient (Wildman–Crippen LogP) is 3.78. The van der Waals surface area contributed by atoms with Gasteiger partial charge in [0.15, 0.2) is 0 Å². The van der Waals surface area contributed by atoms with Gasteiger partial charge in [0.1, 0.15) is 17.1 Å². The standard InChI is InChI=1S/C29H37N3O8/c1-4-6-7-11-24(29(15-18(29)3)32(39)17-33)27(36)31-16-30-26(35)20-10-8-9-19(12-20)22-13-21(40-5-2)14-23(25(22)34)28(37)38/h8-10,12-14,17-18,24,34,39H,4-7,11,15-16H2,1-3H3,(H,30,35)(H,31,36)(H,37,38)/t18?,24-,29?/m0/s1. The molecule has 1 aliphatic carbocycles. The number of benzene rings is 2. The second-order valence-electron chi connectivity index (χ2n) is 10.0. The number of aromatic carboxylic acids is 1. The summed E-state index contributed by atoms with van der Waals surface area (Å²) in [4.78, 5) is 49.0. The minimum Gasteiger partial charge on any atom is -0.506 e. The highest BCUT2D eigenvalue weighted by atomic mass is 16.5. The fourth-order valence-corrected chi connectivity index (χ4v) is 5.21. The number of nitrogens with zero attached hydrogens (tertiary/aromatic N) is 1. The summed E-state index contributed by atoms with van der Waals surface area (Å²) in [7, 11) is 0. The highest BCUT2D eigenvalue weighted by Crippen LogP contribution is 2.54. The molecule has 0 radical (unpaired) electrons. The number of ether oxygens (including phenoxy) is 1. The third-order valence-electron chi connectivity index (χ3n) is 7.44. The maximum Gasteiger partial charge on any atom is 0.339 e. The zero-order valence-corrected chi connectivity index (χ0v) is 23.0. The van der Waals surface area contributed by atoms with Crippen LogP contribution in [0.1, 0.15) is 73.6 Å². The van der Waals surface area contributed by atoms with Crippen molar-refractivity contribution in [3.05, 3.63) is 47.5 Å². The zero-order chi connectivity index (χ0) is 29.4. The molecule has 0 aromatic heterocycles. The molecule has 2 aromatic rings. The molecule has 3 amide bonds. The summed E-state index contributed by atoms with van der Waals surface area (Å²) in [5.41, 5.74) is -0.473. The van der Waals surface area contributed by atoms with Crippen molar-refractivity contribution in [2.45, 2.75) is 58.4 Å². The number of carboxylic acid groups (broad SMARTS) is 1. The maximum absolute atomic E-state index is 13.2. The van der Waals surface area contributed by atoms with Crippen LogP contribution in [0.3, 0.4) is 0 Å². The number of unbranched alkanes of at least 4 members (excludes halogenated alkanes) is 2. The first kappa shape index (κ1) is 30.4. The Morgan fingerprint density at radius 3 is 2.50 bits per heavy atom. The van der Waals surface area contributed by atoms with Crippen LogP contribution in [0.4, 0.5) is 0 Å². The average Bonchev–Trinajstić information content (AvgIpc) is 3.62. The molecule has 11 heteroatoms. The van der Waals surface area contributed by atoms with Gasteiger partial charge < -0.3 is 25.6 Å². The largest absolute Gasteiger partial charge is 0.506 e. The SMILES string of the molecule is CCCCC[C@@H](C(=O)NCNC(=O)c1cccc(-c2cc(OCC)cc(C(=O)O)c2O)c1)C1(N(O)C=O)CC1C. The Labute approximate surface area is 233 Å². The predicted molar refractivity (Wildman–Crippen MR) is 146 cm³/mol. The van der Waals surface area contributed by atoms with E-state index in [-0.39, 0.29) is 40.9 Å². The van der Waals surface area contributed by atoms with Crippen LogP contribution < -0.4 is 15.4 Å².